The number of fused-ring (bicyclic) bond motifs is 1. The summed E-state index contributed by atoms with van der Waals surface area (Å²) in [4.78, 5) is 24.9. The summed E-state index contributed by atoms with van der Waals surface area (Å²) in [5, 5.41) is 21.9. The van der Waals surface area contributed by atoms with Crippen molar-refractivity contribution < 1.29 is 54.1 Å². The number of carboxylic acids is 1. The second kappa shape index (κ2) is 6.52. The van der Waals surface area contributed by atoms with Gasteiger partial charge in [-0.05, 0) is 5.56 Å². The minimum atomic E-state index is -1.45. The number of allylic oxidation sites excluding steroid dienone is 1. The molecule has 3 atom stereocenters. The minimum Gasteiger partial charge on any atom is -0.543 e. The fraction of sp³-hybridized carbons (Fsp3) is 0.412. The van der Waals surface area contributed by atoms with E-state index in [0.717, 1.165) is 4.90 Å². The molecule has 0 saturated carbocycles. The number of aliphatic carboxylic acids is 1. The Morgan fingerprint density at radius 2 is 1.88 bits per heavy atom. The molecular formula is C17H18NNaO5. The fourth-order valence-corrected chi connectivity index (χ4v) is 3.01. The summed E-state index contributed by atoms with van der Waals surface area (Å²) in [6, 6.07) is 8.77. The number of β-lactam (4-membered cyclic amide) rings is 1. The Morgan fingerprint density at radius 1 is 1.29 bits per heavy atom. The molecule has 0 unspecified atom stereocenters. The van der Waals surface area contributed by atoms with Gasteiger partial charge in [0.25, 0.3) is 0 Å². The maximum Gasteiger partial charge on any atom is 1.00 e. The molecule has 2 aliphatic rings. The van der Waals surface area contributed by atoms with E-state index in [1.807, 2.05) is 6.07 Å². The van der Waals surface area contributed by atoms with Crippen LogP contribution in [0.25, 0.3) is 0 Å². The Labute approximate surface area is 162 Å². The van der Waals surface area contributed by atoms with Crippen molar-refractivity contribution in [2.45, 2.75) is 33.1 Å². The van der Waals surface area contributed by atoms with Crippen molar-refractivity contribution >= 4 is 11.9 Å². The second-order valence-electron chi connectivity index (χ2n) is 6.81. The van der Waals surface area contributed by atoms with Crippen LogP contribution in [0.2, 0.25) is 0 Å². The molecule has 1 aromatic rings. The Hall–Kier alpha value is -1.34. The first kappa shape index (κ1) is 19.0. The van der Waals surface area contributed by atoms with Crippen molar-refractivity contribution in [3.8, 4) is 0 Å². The summed E-state index contributed by atoms with van der Waals surface area (Å²) in [7, 11) is 0. The van der Waals surface area contributed by atoms with Crippen molar-refractivity contribution in [2.24, 2.45) is 11.3 Å². The second-order valence-corrected chi connectivity index (χ2v) is 6.81. The van der Waals surface area contributed by atoms with Crippen LogP contribution in [0, 0.1) is 11.3 Å². The maximum atomic E-state index is 12.4. The first-order valence-corrected chi connectivity index (χ1v) is 7.42. The van der Waals surface area contributed by atoms with Gasteiger partial charge in [-0.15, -0.1) is 0 Å². The molecule has 1 N–H and O–H groups in total. The summed E-state index contributed by atoms with van der Waals surface area (Å²) in [5.74, 6) is -2.53. The van der Waals surface area contributed by atoms with E-state index in [1.54, 1.807) is 45.0 Å². The standard InChI is InChI=1S/C17H19NO5.Na/c1-17(2,3)13-11(16(21)22)18-14(20)10(15(18)23-13)12(19)9-7-5-4-6-8-9;/h4-8,10,12,15,19H,1-3H3,(H,21,22);/q;+1/p-1/t10-,12+,15-;/m0./s1. The van der Waals surface area contributed by atoms with Crippen LogP contribution in [0.15, 0.2) is 41.8 Å². The van der Waals surface area contributed by atoms with Crippen molar-refractivity contribution in [3.63, 3.8) is 0 Å². The zero-order chi connectivity index (χ0) is 16.9. The number of carboxylic acid groups (broad SMARTS) is 1. The smallest absolute Gasteiger partial charge is 0.543 e. The number of carbonyl (C=O) groups is 2. The van der Waals surface area contributed by atoms with Gasteiger partial charge in [0.1, 0.15) is 17.4 Å². The van der Waals surface area contributed by atoms with Gasteiger partial charge in [0.05, 0.1) is 12.1 Å². The normalized spacial score (nSPS) is 23.8. The molecule has 0 radical (unpaired) electrons. The molecule has 7 heteroatoms. The molecule has 0 aromatic heterocycles. The topological polar surface area (TPSA) is 89.9 Å². The van der Waals surface area contributed by atoms with Crippen LogP contribution in [0.1, 0.15) is 32.4 Å². The largest absolute Gasteiger partial charge is 1.00 e. The predicted molar refractivity (Wildman–Crippen MR) is 78.1 cm³/mol. The Bertz CT molecular complexity index is 695. The van der Waals surface area contributed by atoms with Crippen molar-refractivity contribution in [1.82, 2.24) is 4.90 Å². The van der Waals surface area contributed by atoms with Gasteiger partial charge in [0.2, 0.25) is 5.91 Å². The molecule has 0 bridgehead atoms. The van der Waals surface area contributed by atoms with Crippen LogP contribution < -0.4 is 34.7 Å². The number of aliphatic hydroxyl groups excluding tert-OH is 1. The van der Waals surface area contributed by atoms with Gasteiger partial charge in [-0.25, -0.2) is 0 Å². The third-order valence-electron chi connectivity index (χ3n) is 4.13. The summed E-state index contributed by atoms with van der Waals surface area (Å²) in [6.07, 6.45) is -1.85. The third kappa shape index (κ3) is 2.88. The zero-order valence-electron chi connectivity index (χ0n) is 14.1. The molecule has 2 heterocycles. The van der Waals surface area contributed by atoms with Crippen LogP contribution in [0.5, 0.6) is 0 Å². The monoisotopic (exact) mass is 339 g/mol. The van der Waals surface area contributed by atoms with Crippen LogP contribution in [0.4, 0.5) is 0 Å². The average molecular weight is 339 g/mol. The van der Waals surface area contributed by atoms with Gasteiger partial charge in [0, 0.05) is 5.41 Å². The van der Waals surface area contributed by atoms with Crippen molar-refractivity contribution in [2.75, 3.05) is 0 Å². The molecule has 1 amide bonds. The van der Waals surface area contributed by atoms with Crippen molar-refractivity contribution in [1.29, 1.82) is 0 Å². The molecule has 1 aromatic carbocycles. The number of ether oxygens (including phenoxy) is 1. The summed E-state index contributed by atoms with van der Waals surface area (Å²) in [6.45, 7) is 5.39. The molecule has 24 heavy (non-hydrogen) atoms. The van der Waals surface area contributed by atoms with Crippen LogP contribution in [0.3, 0.4) is 0 Å². The van der Waals surface area contributed by atoms with E-state index in [1.165, 1.54) is 0 Å². The Balaban J connectivity index is 0.00000208. The SMILES string of the molecule is CC(C)(C)C1=C(C(=O)[O-])N2C(=O)[C@H]([C@H](O)c3ccccc3)[C@@H]2O1.[Na+]. The zero-order valence-corrected chi connectivity index (χ0v) is 16.1. The van der Waals surface area contributed by atoms with Gasteiger partial charge >= 0.3 is 29.6 Å². The van der Waals surface area contributed by atoms with Crippen LogP contribution in [-0.2, 0) is 14.3 Å². The molecule has 3 rings (SSSR count). The van der Waals surface area contributed by atoms with E-state index < -0.39 is 35.5 Å². The number of aliphatic hydroxyl groups is 1. The molecule has 122 valence electrons. The first-order valence-electron chi connectivity index (χ1n) is 7.42. The maximum absolute atomic E-state index is 12.4. The number of hydrogen-bond acceptors (Lipinski definition) is 5. The average Bonchev–Trinajstić information content (AvgIpc) is 2.84. The molecule has 1 fully saturated rings. The molecule has 0 spiro atoms. The molecular weight excluding hydrogens is 321 g/mol. The van der Waals surface area contributed by atoms with Crippen LogP contribution >= 0.6 is 0 Å². The van der Waals surface area contributed by atoms with E-state index in [4.69, 9.17) is 4.74 Å². The first-order chi connectivity index (χ1) is 10.7. The molecule has 1 saturated heterocycles. The summed E-state index contributed by atoms with van der Waals surface area (Å²) >= 11 is 0. The van der Waals surface area contributed by atoms with E-state index in [0.29, 0.717) is 5.56 Å². The number of hydrogen-bond donors (Lipinski definition) is 1. The predicted octanol–water partition coefficient (Wildman–Crippen LogP) is -2.45. The van der Waals surface area contributed by atoms with Gasteiger partial charge in [-0.3, -0.25) is 9.69 Å². The molecule has 2 aliphatic heterocycles. The number of benzene rings is 1. The molecule has 6 nitrogen and oxygen atoms in total. The van der Waals surface area contributed by atoms with E-state index >= 15 is 0 Å². The van der Waals surface area contributed by atoms with Gasteiger partial charge in [0.15, 0.2) is 6.23 Å². The number of amides is 1. The van der Waals surface area contributed by atoms with Crippen LogP contribution in [-0.4, -0.2) is 28.1 Å². The van der Waals surface area contributed by atoms with E-state index in [-0.39, 0.29) is 41.0 Å². The van der Waals surface area contributed by atoms with Gasteiger partial charge in [-0.2, -0.15) is 0 Å². The quantitative estimate of drug-likeness (QED) is 0.488. The van der Waals surface area contributed by atoms with E-state index in [9.17, 15) is 19.8 Å². The van der Waals surface area contributed by atoms with Gasteiger partial charge in [-0.1, -0.05) is 51.1 Å². The van der Waals surface area contributed by atoms with E-state index in [2.05, 4.69) is 0 Å². The summed E-state index contributed by atoms with van der Waals surface area (Å²) < 4.78 is 5.73. The minimum absolute atomic E-state index is 0. The summed E-state index contributed by atoms with van der Waals surface area (Å²) in [5.41, 5.74) is -0.229. The number of rotatable bonds is 3. The fourth-order valence-electron chi connectivity index (χ4n) is 3.01. The number of carbonyl (C=O) groups excluding carboxylic acids is 2. The Morgan fingerprint density at radius 3 is 2.38 bits per heavy atom. The third-order valence-corrected chi connectivity index (χ3v) is 4.13. The van der Waals surface area contributed by atoms with Gasteiger partial charge < -0.3 is 19.7 Å². The van der Waals surface area contributed by atoms with Crippen molar-refractivity contribution in [3.05, 3.63) is 47.4 Å². The Kier molecular flexibility index (Phi) is 5.16. The molecule has 0 aliphatic carbocycles. The number of nitrogens with zero attached hydrogens (tertiary/aromatic N) is 1.